The monoisotopic (exact) mass is 444 g/mol. The lowest BCUT2D eigenvalue weighted by Gasteiger charge is -2.32. The van der Waals surface area contributed by atoms with Crippen LogP contribution < -0.4 is 11.2 Å². The molecule has 3 rings (SSSR count). The molecule has 2 aromatic rings. The second kappa shape index (κ2) is 9.80. The van der Waals surface area contributed by atoms with E-state index in [4.69, 9.17) is 4.74 Å². The molecule has 0 spiro atoms. The van der Waals surface area contributed by atoms with Gasteiger partial charge in [0.2, 0.25) is 5.91 Å². The Hall–Kier alpha value is -3.43. The third kappa shape index (κ3) is 4.74. The fourth-order valence-corrected chi connectivity index (χ4v) is 3.93. The number of hydrogen-bond donors (Lipinski definition) is 1. The Kier molecular flexibility index (Phi) is 7.12. The molecule has 0 radical (unpaired) electrons. The Balaban J connectivity index is 1.72. The predicted octanol–water partition coefficient (Wildman–Crippen LogP) is 0.583. The zero-order chi connectivity index (χ0) is 23.4. The molecule has 32 heavy (non-hydrogen) atoms. The molecule has 0 saturated carbocycles. The number of nitrogens with one attached hydrogen (secondary N) is 1. The highest BCUT2D eigenvalue weighted by Crippen LogP contribution is 2.18. The van der Waals surface area contributed by atoms with Gasteiger partial charge in [-0.1, -0.05) is 0 Å². The van der Waals surface area contributed by atoms with Crippen molar-refractivity contribution in [1.29, 1.82) is 0 Å². The summed E-state index contributed by atoms with van der Waals surface area (Å²) in [5.41, 5.74) is -0.446. The molecule has 0 aliphatic carbocycles. The number of likely N-dealkylation sites (tertiary alicyclic amines) is 1. The Morgan fingerprint density at radius 1 is 1.22 bits per heavy atom. The van der Waals surface area contributed by atoms with Crippen molar-refractivity contribution < 1.29 is 19.1 Å². The number of carbonyl (C=O) groups excluding carboxylic acids is 3. The number of esters is 1. The molecule has 1 unspecified atom stereocenters. The van der Waals surface area contributed by atoms with Crippen LogP contribution in [0.4, 0.5) is 0 Å². The van der Waals surface area contributed by atoms with Crippen LogP contribution in [0.3, 0.4) is 0 Å². The van der Waals surface area contributed by atoms with Gasteiger partial charge in [-0.2, -0.15) is 0 Å². The molecule has 172 valence electrons. The van der Waals surface area contributed by atoms with Crippen LogP contribution in [0.5, 0.6) is 0 Å². The zero-order valence-corrected chi connectivity index (χ0v) is 18.6. The summed E-state index contributed by atoms with van der Waals surface area (Å²) in [7, 11) is 1.51. The Morgan fingerprint density at radius 2 is 1.97 bits per heavy atom. The van der Waals surface area contributed by atoms with Crippen molar-refractivity contribution in [2.75, 3.05) is 33.3 Å². The van der Waals surface area contributed by atoms with E-state index in [1.165, 1.54) is 30.1 Å². The van der Waals surface area contributed by atoms with E-state index in [1.807, 2.05) is 0 Å². The van der Waals surface area contributed by atoms with E-state index in [-0.39, 0.29) is 48.5 Å². The van der Waals surface area contributed by atoms with Crippen LogP contribution in [0.15, 0.2) is 27.8 Å². The zero-order valence-electron chi connectivity index (χ0n) is 18.6. The number of piperidine rings is 1. The Labute approximate surface area is 184 Å². The highest BCUT2D eigenvalue weighted by atomic mass is 16.5. The maximum absolute atomic E-state index is 12.9. The molecule has 10 nitrogen and oxygen atoms in total. The number of likely N-dealkylation sites (N-methyl/N-ethyl adjacent to an activating group) is 1. The molecular formula is C22H28N4O6. The summed E-state index contributed by atoms with van der Waals surface area (Å²) in [6.07, 6.45) is 1.37. The van der Waals surface area contributed by atoms with E-state index in [1.54, 1.807) is 18.7 Å². The van der Waals surface area contributed by atoms with E-state index < -0.39 is 17.2 Å². The minimum Gasteiger partial charge on any atom is -0.466 e. The van der Waals surface area contributed by atoms with Gasteiger partial charge >= 0.3 is 11.7 Å². The number of aromatic nitrogens is 2. The van der Waals surface area contributed by atoms with Crippen molar-refractivity contribution in [2.45, 2.75) is 33.2 Å². The number of aromatic amines is 1. The second-order valence-electron chi connectivity index (χ2n) is 7.83. The summed E-state index contributed by atoms with van der Waals surface area (Å²) in [5.74, 6) is -1.32. The van der Waals surface area contributed by atoms with Crippen LogP contribution in [0.1, 0.15) is 37.0 Å². The first-order valence-electron chi connectivity index (χ1n) is 10.7. The molecule has 2 amide bonds. The fraction of sp³-hybridized carbons (Fsp3) is 0.500. The maximum atomic E-state index is 12.9. The molecule has 10 heteroatoms. The van der Waals surface area contributed by atoms with Crippen molar-refractivity contribution in [1.82, 2.24) is 19.4 Å². The summed E-state index contributed by atoms with van der Waals surface area (Å²) < 4.78 is 6.14. The number of hydrogen-bond acceptors (Lipinski definition) is 6. The van der Waals surface area contributed by atoms with Gasteiger partial charge in [-0.25, -0.2) is 4.79 Å². The van der Waals surface area contributed by atoms with Crippen LogP contribution in [0, 0.1) is 5.92 Å². The number of H-pyrrole nitrogens is 1. The predicted molar refractivity (Wildman–Crippen MR) is 117 cm³/mol. The first-order valence-corrected chi connectivity index (χ1v) is 10.7. The largest absolute Gasteiger partial charge is 0.466 e. The first kappa shape index (κ1) is 23.2. The topological polar surface area (TPSA) is 122 Å². The number of amides is 2. The quantitative estimate of drug-likeness (QED) is 0.651. The molecule has 2 heterocycles. The average molecular weight is 444 g/mol. The van der Waals surface area contributed by atoms with Crippen molar-refractivity contribution in [3.8, 4) is 0 Å². The highest BCUT2D eigenvalue weighted by molar-refractivity contribution is 5.99. The number of rotatable bonds is 6. The SMILES string of the molecule is CCOC(=O)C1CCCN(C(=O)CN(C)C(=O)c2ccc3c(=O)n(CC)c(=O)[nH]c3c2)C1. The molecule has 1 aliphatic rings. The number of nitrogens with zero attached hydrogens (tertiary/aromatic N) is 3. The molecule has 1 N–H and O–H groups in total. The van der Waals surface area contributed by atoms with Gasteiger partial charge < -0.3 is 19.5 Å². The average Bonchev–Trinajstić information content (AvgIpc) is 2.78. The van der Waals surface area contributed by atoms with E-state index in [0.29, 0.717) is 31.4 Å². The van der Waals surface area contributed by atoms with E-state index in [2.05, 4.69) is 4.98 Å². The van der Waals surface area contributed by atoms with Gasteiger partial charge in [0.25, 0.3) is 11.5 Å². The van der Waals surface area contributed by atoms with Crippen LogP contribution >= 0.6 is 0 Å². The molecule has 1 saturated heterocycles. The van der Waals surface area contributed by atoms with Crippen molar-refractivity contribution >= 4 is 28.7 Å². The number of ether oxygens (including phenoxy) is 1. The lowest BCUT2D eigenvalue weighted by molar-refractivity contribution is -0.151. The normalized spacial score (nSPS) is 16.1. The summed E-state index contributed by atoms with van der Waals surface area (Å²) in [6.45, 7) is 4.63. The van der Waals surface area contributed by atoms with E-state index >= 15 is 0 Å². The van der Waals surface area contributed by atoms with Gasteiger partial charge in [0.1, 0.15) is 0 Å². The maximum Gasteiger partial charge on any atom is 0.328 e. The number of carbonyl (C=O) groups is 3. The van der Waals surface area contributed by atoms with Crippen molar-refractivity contribution in [3.63, 3.8) is 0 Å². The lowest BCUT2D eigenvalue weighted by Crippen LogP contribution is -2.47. The van der Waals surface area contributed by atoms with Crippen LogP contribution in [0.25, 0.3) is 10.9 Å². The molecule has 1 aliphatic heterocycles. The number of benzene rings is 1. The standard InChI is InChI=1S/C22H28N4O6/c1-4-26-20(29)16-9-8-14(11-17(16)23-22(26)31)19(28)24(3)13-18(27)25-10-6-7-15(12-25)21(30)32-5-2/h8-9,11,15H,4-7,10,12-13H2,1-3H3,(H,23,31). The summed E-state index contributed by atoms with van der Waals surface area (Å²) >= 11 is 0. The van der Waals surface area contributed by atoms with Gasteiger partial charge in [0, 0.05) is 32.2 Å². The fourth-order valence-electron chi connectivity index (χ4n) is 3.93. The van der Waals surface area contributed by atoms with Gasteiger partial charge in [0.05, 0.1) is 30.0 Å². The van der Waals surface area contributed by atoms with Crippen molar-refractivity contribution in [3.05, 3.63) is 44.6 Å². The van der Waals surface area contributed by atoms with Crippen LogP contribution in [-0.2, 0) is 20.9 Å². The van der Waals surface area contributed by atoms with Gasteiger partial charge in [-0.3, -0.25) is 23.7 Å². The Morgan fingerprint density at radius 3 is 2.66 bits per heavy atom. The summed E-state index contributed by atoms with van der Waals surface area (Å²) in [6, 6.07) is 4.44. The smallest absolute Gasteiger partial charge is 0.328 e. The molecule has 1 fully saturated rings. The highest BCUT2D eigenvalue weighted by Gasteiger charge is 2.30. The molecular weight excluding hydrogens is 416 g/mol. The summed E-state index contributed by atoms with van der Waals surface area (Å²) in [4.78, 5) is 67.5. The van der Waals surface area contributed by atoms with Gasteiger partial charge in [-0.15, -0.1) is 0 Å². The third-order valence-corrected chi connectivity index (χ3v) is 5.66. The Bertz CT molecular complexity index is 1150. The minimum atomic E-state index is -0.542. The van der Waals surface area contributed by atoms with Gasteiger partial charge in [-0.05, 0) is 44.9 Å². The third-order valence-electron chi connectivity index (χ3n) is 5.66. The molecule has 1 aromatic heterocycles. The van der Waals surface area contributed by atoms with E-state index in [0.717, 1.165) is 4.57 Å². The molecule has 0 bridgehead atoms. The minimum absolute atomic E-state index is 0.152. The van der Waals surface area contributed by atoms with E-state index in [9.17, 15) is 24.0 Å². The second-order valence-corrected chi connectivity index (χ2v) is 7.83. The molecule has 1 aromatic carbocycles. The summed E-state index contributed by atoms with van der Waals surface area (Å²) in [5, 5.41) is 0.306. The molecule has 1 atom stereocenters. The number of fused-ring (bicyclic) bond motifs is 1. The van der Waals surface area contributed by atoms with Crippen molar-refractivity contribution in [2.24, 2.45) is 5.92 Å². The van der Waals surface area contributed by atoms with Crippen LogP contribution in [0.2, 0.25) is 0 Å². The van der Waals surface area contributed by atoms with Gasteiger partial charge in [0.15, 0.2) is 0 Å². The van der Waals surface area contributed by atoms with Crippen LogP contribution in [-0.4, -0.2) is 70.4 Å². The lowest BCUT2D eigenvalue weighted by atomic mass is 9.98. The first-order chi connectivity index (χ1) is 15.3.